The largest absolute Gasteiger partial charge is 0.436 e. The Bertz CT molecular complexity index is 1010. The summed E-state index contributed by atoms with van der Waals surface area (Å²) >= 11 is 0. The second-order valence-electron chi connectivity index (χ2n) is 7.75. The molecule has 0 aliphatic carbocycles. The summed E-state index contributed by atoms with van der Waals surface area (Å²) in [5.41, 5.74) is 1.63. The Morgan fingerprint density at radius 1 is 1.07 bits per heavy atom. The van der Waals surface area contributed by atoms with Crippen LogP contribution >= 0.6 is 0 Å². The molecule has 1 aliphatic rings. The van der Waals surface area contributed by atoms with Gasteiger partial charge in [-0.15, -0.1) is 0 Å². The number of likely N-dealkylation sites (N-methyl/N-ethyl adjacent to an activating group) is 1. The number of para-hydroxylation sites is 3. The molecule has 6 heteroatoms. The van der Waals surface area contributed by atoms with Gasteiger partial charge in [0.05, 0.1) is 17.1 Å². The van der Waals surface area contributed by atoms with Crippen LogP contribution in [-0.4, -0.2) is 47.0 Å². The number of rotatable bonds is 5. The highest BCUT2D eigenvalue weighted by Crippen LogP contribution is 2.33. The van der Waals surface area contributed by atoms with Gasteiger partial charge in [0.2, 0.25) is 5.91 Å². The molecule has 1 unspecified atom stereocenters. The van der Waals surface area contributed by atoms with Crippen molar-refractivity contribution in [3.63, 3.8) is 0 Å². The second-order valence-corrected chi connectivity index (χ2v) is 7.75. The van der Waals surface area contributed by atoms with Crippen molar-refractivity contribution in [2.75, 3.05) is 25.0 Å². The lowest BCUT2D eigenvalue weighted by atomic mass is 10.1. The van der Waals surface area contributed by atoms with Crippen molar-refractivity contribution in [2.45, 2.75) is 26.3 Å². The summed E-state index contributed by atoms with van der Waals surface area (Å²) in [6.07, 6.45) is 0.897. The summed E-state index contributed by atoms with van der Waals surface area (Å²) in [7, 11) is 1.89. The lowest BCUT2D eigenvalue weighted by Crippen LogP contribution is -2.41. The van der Waals surface area contributed by atoms with E-state index >= 15 is 0 Å². The third kappa shape index (κ3) is 4.01. The average Bonchev–Trinajstić information content (AvgIpc) is 3.23. The van der Waals surface area contributed by atoms with Crippen LogP contribution in [0.1, 0.15) is 20.3 Å². The minimum absolute atomic E-state index is 0.00788. The predicted octanol–water partition coefficient (Wildman–Crippen LogP) is 4.12. The lowest BCUT2D eigenvalue weighted by molar-refractivity contribution is -0.134. The molecule has 6 nitrogen and oxygen atoms in total. The minimum Gasteiger partial charge on any atom is -0.436 e. The maximum atomic E-state index is 12.4. The quantitative estimate of drug-likeness (QED) is 0.656. The SMILES string of the molecule is CC(C)C(=O)N(C)C1CCN(c2nc3ccccc3nc2Oc2ccccc2)C1. The Kier molecular flexibility index (Phi) is 5.34. The standard InChI is InChI=1S/C23H26N4O2/c1-16(2)23(28)26(3)17-13-14-27(15-17)21-22(29-18-9-5-4-6-10-18)25-20-12-8-7-11-19(20)24-21/h4-12,16-17H,13-15H2,1-3H3. The topological polar surface area (TPSA) is 58.6 Å². The Balaban J connectivity index is 1.65. The van der Waals surface area contributed by atoms with Gasteiger partial charge in [0.15, 0.2) is 5.82 Å². The Morgan fingerprint density at radius 3 is 2.41 bits per heavy atom. The molecule has 0 bridgehead atoms. The van der Waals surface area contributed by atoms with E-state index in [1.165, 1.54) is 0 Å². The fourth-order valence-electron chi connectivity index (χ4n) is 3.69. The number of fused-ring (bicyclic) bond motifs is 1. The molecule has 29 heavy (non-hydrogen) atoms. The maximum absolute atomic E-state index is 12.4. The molecular weight excluding hydrogens is 364 g/mol. The zero-order chi connectivity index (χ0) is 20.4. The third-order valence-corrected chi connectivity index (χ3v) is 5.33. The predicted molar refractivity (Wildman–Crippen MR) is 114 cm³/mol. The van der Waals surface area contributed by atoms with E-state index in [0.29, 0.717) is 12.4 Å². The second kappa shape index (κ2) is 8.07. The summed E-state index contributed by atoms with van der Waals surface area (Å²) in [5.74, 6) is 2.10. The summed E-state index contributed by atoms with van der Waals surface area (Å²) in [6, 6.07) is 17.6. The molecule has 0 spiro atoms. The van der Waals surface area contributed by atoms with Crippen LogP contribution < -0.4 is 9.64 Å². The highest BCUT2D eigenvalue weighted by molar-refractivity contribution is 5.79. The van der Waals surface area contributed by atoms with E-state index in [-0.39, 0.29) is 17.9 Å². The molecule has 1 fully saturated rings. The number of aromatic nitrogens is 2. The van der Waals surface area contributed by atoms with E-state index < -0.39 is 0 Å². The number of hydrogen-bond donors (Lipinski definition) is 0. The van der Waals surface area contributed by atoms with Gasteiger partial charge < -0.3 is 14.5 Å². The van der Waals surface area contributed by atoms with Gasteiger partial charge in [-0.3, -0.25) is 4.79 Å². The summed E-state index contributed by atoms with van der Waals surface area (Å²) in [5, 5.41) is 0. The number of carbonyl (C=O) groups is 1. The normalized spacial score (nSPS) is 16.4. The van der Waals surface area contributed by atoms with Crippen LogP contribution in [0.15, 0.2) is 54.6 Å². The van der Waals surface area contributed by atoms with Crippen molar-refractivity contribution in [3.8, 4) is 11.6 Å². The number of anilines is 1. The molecule has 1 aliphatic heterocycles. The van der Waals surface area contributed by atoms with Crippen LogP contribution in [0.25, 0.3) is 11.0 Å². The van der Waals surface area contributed by atoms with Crippen LogP contribution in [0.4, 0.5) is 5.82 Å². The van der Waals surface area contributed by atoms with E-state index in [9.17, 15) is 4.79 Å². The minimum atomic E-state index is -0.00788. The first-order valence-corrected chi connectivity index (χ1v) is 10.0. The zero-order valence-corrected chi connectivity index (χ0v) is 17.1. The number of benzene rings is 2. The molecule has 1 amide bonds. The molecule has 2 heterocycles. The number of nitrogens with zero attached hydrogens (tertiary/aromatic N) is 4. The molecule has 150 valence electrons. The Hall–Kier alpha value is -3.15. The summed E-state index contributed by atoms with van der Waals surface area (Å²) < 4.78 is 6.12. The molecule has 2 aromatic carbocycles. The van der Waals surface area contributed by atoms with Crippen molar-refractivity contribution < 1.29 is 9.53 Å². The van der Waals surface area contributed by atoms with Gasteiger partial charge in [-0.05, 0) is 30.7 Å². The van der Waals surface area contributed by atoms with E-state index in [1.54, 1.807) is 0 Å². The van der Waals surface area contributed by atoms with Gasteiger partial charge in [-0.1, -0.05) is 44.2 Å². The summed E-state index contributed by atoms with van der Waals surface area (Å²) in [6.45, 7) is 5.39. The van der Waals surface area contributed by atoms with Crippen molar-refractivity contribution in [3.05, 3.63) is 54.6 Å². The van der Waals surface area contributed by atoms with Crippen molar-refractivity contribution in [1.29, 1.82) is 0 Å². The fourth-order valence-corrected chi connectivity index (χ4v) is 3.69. The Morgan fingerprint density at radius 2 is 1.72 bits per heavy atom. The van der Waals surface area contributed by atoms with E-state index in [4.69, 9.17) is 14.7 Å². The smallest absolute Gasteiger partial charge is 0.263 e. The number of hydrogen-bond acceptors (Lipinski definition) is 5. The molecule has 1 atom stereocenters. The highest BCUT2D eigenvalue weighted by atomic mass is 16.5. The number of carbonyl (C=O) groups excluding carboxylic acids is 1. The highest BCUT2D eigenvalue weighted by Gasteiger charge is 2.32. The maximum Gasteiger partial charge on any atom is 0.263 e. The monoisotopic (exact) mass is 390 g/mol. The van der Waals surface area contributed by atoms with Gasteiger partial charge in [-0.25, -0.2) is 9.97 Å². The first-order valence-electron chi connectivity index (χ1n) is 10.0. The van der Waals surface area contributed by atoms with Crippen molar-refractivity contribution in [1.82, 2.24) is 14.9 Å². The van der Waals surface area contributed by atoms with Crippen LogP contribution in [0.3, 0.4) is 0 Å². The number of ether oxygens (including phenoxy) is 1. The molecule has 1 aromatic heterocycles. The van der Waals surface area contributed by atoms with Crippen LogP contribution in [0.2, 0.25) is 0 Å². The van der Waals surface area contributed by atoms with Crippen molar-refractivity contribution >= 4 is 22.8 Å². The van der Waals surface area contributed by atoms with Gasteiger partial charge in [0.1, 0.15) is 5.75 Å². The van der Waals surface area contributed by atoms with E-state index in [0.717, 1.165) is 35.6 Å². The van der Waals surface area contributed by atoms with Crippen LogP contribution in [0.5, 0.6) is 11.6 Å². The van der Waals surface area contributed by atoms with E-state index in [2.05, 4.69) is 4.90 Å². The fraction of sp³-hybridized carbons (Fsp3) is 0.348. The number of amides is 1. The molecule has 3 aromatic rings. The molecule has 0 radical (unpaired) electrons. The van der Waals surface area contributed by atoms with E-state index in [1.807, 2.05) is 80.4 Å². The molecule has 0 N–H and O–H groups in total. The zero-order valence-electron chi connectivity index (χ0n) is 17.1. The molecule has 1 saturated heterocycles. The average molecular weight is 390 g/mol. The first kappa shape index (κ1) is 19.2. The first-order chi connectivity index (χ1) is 14.0. The van der Waals surface area contributed by atoms with Gasteiger partial charge >= 0.3 is 0 Å². The lowest BCUT2D eigenvalue weighted by Gasteiger charge is -2.27. The van der Waals surface area contributed by atoms with Gasteiger partial charge in [0, 0.05) is 26.1 Å². The Labute approximate surface area is 171 Å². The third-order valence-electron chi connectivity index (χ3n) is 5.33. The molecular formula is C23H26N4O2. The van der Waals surface area contributed by atoms with Gasteiger partial charge in [0.25, 0.3) is 5.88 Å². The van der Waals surface area contributed by atoms with Crippen LogP contribution in [-0.2, 0) is 4.79 Å². The summed E-state index contributed by atoms with van der Waals surface area (Å²) in [4.78, 5) is 26.1. The molecule has 4 rings (SSSR count). The van der Waals surface area contributed by atoms with Crippen LogP contribution in [0, 0.1) is 5.92 Å². The van der Waals surface area contributed by atoms with Gasteiger partial charge in [-0.2, -0.15) is 0 Å². The van der Waals surface area contributed by atoms with Crippen molar-refractivity contribution in [2.24, 2.45) is 5.92 Å². The molecule has 0 saturated carbocycles.